The van der Waals surface area contributed by atoms with E-state index in [-0.39, 0.29) is 5.91 Å². The lowest BCUT2D eigenvalue weighted by Crippen LogP contribution is -2.22. The first-order valence-electron chi connectivity index (χ1n) is 7.78. The number of aryl methyl sites for hydroxylation is 3. The van der Waals surface area contributed by atoms with Crippen LogP contribution >= 0.6 is 0 Å². The predicted molar refractivity (Wildman–Crippen MR) is 90.1 cm³/mol. The molecule has 23 heavy (non-hydrogen) atoms. The number of oxazole rings is 1. The molecule has 0 aliphatic heterocycles. The van der Waals surface area contributed by atoms with Crippen molar-refractivity contribution in [1.82, 2.24) is 10.3 Å². The van der Waals surface area contributed by atoms with Gasteiger partial charge in [-0.3, -0.25) is 4.79 Å². The van der Waals surface area contributed by atoms with Crippen LogP contribution in [0.15, 0.2) is 46.9 Å². The SMILES string of the molecule is Cc1ccc(CNC(=O)CCc2ccc3oc(C)nc3c2)cc1. The molecule has 0 spiro atoms. The van der Waals surface area contributed by atoms with Crippen molar-refractivity contribution in [2.24, 2.45) is 0 Å². The monoisotopic (exact) mass is 308 g/mol. The molecule has 0 unspecified atom stereocenters. The maximum absolute atomic E-state index is 12.0. The fraction of sp³-hybridized carbons (Fsp3) is 0.263. The minimum atomic E-state index is 0.0574. The highest BCUT2D eigenvalue weighted by Crippen LogP contribution is 2.17. The highest BCUT2D eigenvalue weighted by Gasteiger charge is 2.06. The summed E-state index contributed by atoms with van der Waals surface area (Å²) in [7, 11) is 0. The molecular formula is C19H20N2O2. The molecule has 1 N–H and O–H groups in total. The Morgan fingerprint density at radius 1 is 1.09 bits per heavy atom. The maximum atomic E-state index is 12.0. The molecule has 0 bridgehead atoms. The molecule has 1 aromatic heterocycles. The number of fused-ring (bicyclic) bond motifs is 1. The summed E-state index contributed by atoms with van der Waals surface area (Å²) in [5.74, 6) is 0.718. The van der Waals surface area contributed by atoms with Gasteiger partial charge in [0, 0.05) is 19.9 Å². The molecule has 0 radical (unpaired) electrons. The van der Waals surface area contributed by atoms with Crippen LogP contribution in [0.4, 0.5) is 0 Å². The Balaban J connectivity index is 1.52. The van der Waals surface area contributed by atoms with Gasteiger partial charge in [0.2, 0.25) is 5.91 Å². The van der Waals surface area contributed by atoms with Crippen molar-refractivity contribution < 1.29 is 9.21 Å². The molecule has 4 nitrogen and oxygen atoms in total. The van der Waals surface area contributed by atoms with Gasteiger partial charge < -0.3 is 9.73 Å². The molecule has 0 aliphatic carbocycles. The van der Waals surface area contributed by atoms with E-state index in [1.165, 1.54) is 5.56 Å². The summed E-state index contributed by atoms with van der Waals surface area (Å²) in [4.78, 5) is 16.3. The molecular weight excluding hydrogens is 288 g/mol. The number of hydrogen-bond donors (Lipinski definition) is 1. The Labute approximate surface area is 135 Å². The fourth-order valence-corrected chi connectivity index (χ4v) is 2.50. The highest BCUT2D eigenvalue weighted by atomic mass is 16.3. The van der Waals surface area contributed by atoms with E-state index in [2.05, 4.69) is 29.4 Å². The molecule has 1 amide bonds. The number of nitrogens with zero attached hydrogens (tertiary/aromatic N) is 1. The molecule has 0 saturated carbocycles. The van der Waals surface area contributed by atoms with E-state index in [0.29, 0.717) is 25.3 Å². The standard InChI is InChI=1S/C19H20N2O2/c1-13-3-5-16(6-4-13)12-20-19(22)10-8-15-7-9-18-17(11-15)21-14(2)23-18/h3-7,9,11H,8,10,12H2,1-2H3,(H,20,22). The van der Waals surface area contributed by atoms with Crippen molar-refractivity contribution in [2.45, 2.75) is 33.2 Å². The van der Waals surface area contributed by atoms with E-state index in [9.17, 15) is 4.79 Å². The topological polar surface area (TPSA) is 55.1 Å². The molecule has 4 heteroatoms. The van der Waals surface area contributed by atoms with Crippen LogP contribution in [0.2, 0.25) is 0 Å². The van der Waals surface area contributed by atoms with Crippen LogP contribution in [0.25, 0.3) is 11.1 Å². The lowest BCUT2D eigenvalue weighted by atomic mass is 10.1. The van der Waals surface area contributed by atoms with E-state index in [1.54, 1.807) is 0 Å². The van der Waals surface area contributed by atoms with Crippen molar-refractivity contribution >= 4 is 17.0 Å². The second kappa shape index (κ2) is 6.65. The Morgan fingerprint density at radius 2 is 1.83 bits per heavy atom. The zero-order chi connectivity index (χ0) is 16.2. The lowest BCUT2D eigenvalue weighted by molar-refractivity contribution is -0.121. The average Bonchev–Trinajstić information content (AvgIpc) is 2.91. The first kappa shape index (κ1) is 15.3. The Kier molecular flexibility index (Phi) is 4.42. The van der Waals surface area contributed by atoms with Crippen molar-refractivity contribution in [3.8, 4) is 0 Å². The third-order valence-corrected chi connectivity index (χ3v) is 3.81. The smallest absolute Gasteiger partial charge is 0.220 e. The quantitative estimate of drug-likeness (QED) is 0.782. The Morgan fingerprint density at radius 3 is 2.61 bits per heavy atom. The number of nitrogens with one attached hydrogen (secondary N) is 1. The molecule has 0 fully saturated rings. The van der Waals surface area contributed by atoms with Crippen LogP contribution in [0, 0.1) is 13.8 Å². The van der Waals surface area contributed by atoms with Crippen LogP contribution in [-0.4, -0.2) is 10.9 Å². The normalized spacial score (nSPS) is 10.9. The van der Waals surface area contributed by atoms with Crippen LogP contribution in [-0.2, 0) is 17.8 Å². The second-order valence-corrected chi connectivity index (χ2v) is 5.80. The van der Waals surface area contributed by atoms with Gasteiger partial charge >= 0.3 is 0 Å². The van der Waals surface area contributed by atoms with Gasteiger partial charge in [-0.15, -0.1) is 0 Å². The van der Waals surface area contributed by atoms with Crippen LogP contribution in [0.1, 0.15) is 29.0 Å². The van der Waals surface area contributed by atoms with Gasteiger partial charge in [0.25, 0.3) is 0 Å². The Hall–Kier alpha value is -2.62. The number of carbonyl (C=O) groups is 1. The molecule has 118 valence electrons. The second-order valence-electron chi connectivity index (χ2n) is 5.80. The van der Waals surface area contributed by atoms with E-state index in [1.807, 2.05) is 37.3 Å². The molecule has 2 aromatic carbocycles. The highest BCUT2D eigenvalue weighted by molar-refractivity contribution is 5.77. The first-order valence-corrected chi connectivity index (χ1v) is 7.78. The average molecular weight is 308 g/mol. The fourth-order valence-electron chi connectivity index (χ4n) is 2.50. The summed E-state index contributed by atoms with van der Waals surface area (Å²) < 4.78 is 5.45. The summed E-state index contributed by atoms with van der Waals surface area (Å²) >= 11 is 0. The zero-order valence-corrected chi connectivity index (χ0v) is 13.4. The number of benzene rings is 2. The van der Waals surface area contributed by atoms with Crippen molar-refractivity contribution in [3.05, 3.63) is 65.0 Å². The van der Waals surface area contributed by atoms with Crippen molar-refractivity contribution in [3.63, 3.8) is 0 Å². The number of hydrogen-bond acceptors (Lipinski definition) is 3. The first-order chi connectivity index (χ1) is 11.1. The summed E-state index contributed by atoms with van der Waals surface area (Å²) in [6.45, 7) is 4.45. The predicted octanol–water partition coefficient (Wildman–Crippen LogP) is 3.69. The molecule has 3 aromatic rings. The number of aromatic nitrogens is 1. The van der Waals surface area contributed by atoms with E-state index in [4.69, 9.17) is 4.42 Å². The zero-order valence-electron chi connectivity index (χ0n) is 13.4. The van der Waals surface area contributed by atoms with Gasteiger partial charge in [-0.05, 0) is 36.6 Å². The number of rotatable bonds is 5. The largest absolute Gasteiger partial charge is 0.441 e. The summed E-state index contributed by atoms with van der Waals surface area (Å²) in [5.41, 5.74) is 5.06. The molecule has 0 atom stereocenters. The Bertz CT molecular complexity index is 819. The van der Waals surface area contributed by atoms with Gasteiger partial charge in [0.15, 0.2) is 11.5 Å². The summed E-state index contributed by atoms with van der Waals surface area (Å²) in [6, 6.07) is 14.1. The van der Waals surface area contributed by atoms with E-state index in [0.717, 1.165) is 22.2 Å². The third kappa shape index (κ3) is 3.97. The van der Waals surface area contributed by atoms with Gasteiger partial charge in [0.05, 0.1) is 0 Å². The van der Waals surface area contributed by atoms with E-state index >= 15 is 0 Å². The van der Waals surface area contributed by atoms with Gasteiger partial charge in [-0.25, -0.2) is 4.98 Å². The number of amides is 1. The van der Waals surface area contributed by atoms with Crippen LogP contribution in [0.3, 0.4) is 0 Å². The van der Waals surface area contributed by atoms with Crippen molar-refractivity contribution in [2.75, 3.05) is 0 Å². The van der Waals surface area contributed by atoms with E-state index < -0.39 is 0 Å². The molecule has 0 aliphatic rings. The molecule has 3 rings (SSSR count). The lowest BCUT2D eigenvalue weighted by Gasteiger charge is -2.06. The van der Waals surface area contributed by atoms with Gasteiger partial charge in [-0.1, -0.05) is 35.9 Å². The summed E-state index contributed by atoms with van der Waals surface area (Å²) in [6.07, 6.45) is 1.16. The minimum Gasteiger partial charge on any atom is -0.441 e. The van der Waals surface area contributed by atoms with Crippen LogP contribution < -0.4 is 5.32 Å². The maximum Gasteiger partial charge on any atom is 0.220 e. The summed E-state index contributed by atoms with van der Waals surface area (Å²) in [5, 5.41) is 2.96. The van der Waals surface area contributed by atoms with Gasteiger partial charge in [-0.2, -0.15) is 0 Å². The molecule has 0 saturated heterocycles. The van der Waals surface area contributed by atoms with Gasteiger partial charge in [0.1, 0.15) is 5.52 Å². The van der Waals surface area contributed by atoms with Crippen LogP contribution in [0.5, 0.6) is 0 Å². The minimum absolute atomic E-state index is 0.0574. The number of carbonyl (C=O) groups excluding carboxylic acids is 1. The third-order valence-electron chi connectivity index (χ3n) is 3.81. The molecule has 1 heterocycles. The van der Waals surface area contributed by atoms with Crippen molar-refractivity contribution in [1.29, 1.82) is 0 Å².